The average Bonchev–Trinajstić information content (AvgIpc) is 2.48. The van der Waals surface area contributed by atoms with E-state index in [4.69, 9.17) is 15.3 Å². The minimum atomic E-state index is -0.695. The second-order valence-electron chi connectivity index (χ2n) is 5.05. The third-order valence-electron chi connectivity index (χ3n) is 2.63. The van der Waals surface area contributed by atoms with Crippen LogP contribution in [0.25, 0.3) is 0 Å². The number of unbranched alkanes of at least 4 members (excludes halogenated alkanes) is 5. The van der Waals surface area contributed by atoms with E-state index in [1.807, 2.05) is 13.8 Å². The van der Waals surface area contributed by atoms with Gasteiger partial charge in [0.25, 0.3) is 0 Å². The van der Waals surface area contributed by atoms with E-state index in [1.54, 1.807) is 0 Å². The maximum absolute atomic E-state index is 9.95. The van der Waals surface area contributed by atoms with Gasteiger partial charge in [-0.3, -0.25) is 14.4 Å². The molecule has 0 aliphatic heterocycles. The summed E-state index contributed by atoms with van der Waals surface area (Å²) in [5, 5.41) is 24.3. The number of carboxylic acids is 3. The molecule has 0 radical (unpaired) electrons. The Morgan fingerprint density at radius 3 is 1.19 bits per heavy atom. The van der Waals surface area contributed by atoms with Gasteiger partial charge in [0.1, 0.15) is 0 Å². The van der Waals surface area contributed by atoms with Crippen molar-refractivity contribution in [3.63, 3.8) is 0 Å². The first-order valence-electron chi connectivity index (χ1n) is 8.26. The molecule has 0 heterocycles. The molecule has 0 fully saturated rings. The number of carbonyl (C=O) groups is 3. The van der Waals surface area contributed by atoms with Gasteiger partial charge in [-0.25, -0.2) is 0 Å². The molecular formula is C17H35KNa2O6. The molecule has 0 spiro atoms. The molecule has 6 nitrogen and oxygen atoms in total. The SMILES string of the molecule is CCCCC(=O)O.CCCCC(=O)O.[CH2-]CCCCCC(=O)O.[H-].[H-].[K+].[Na+].[Na+]. The Labute approximate surface area is 248 Å². The van der Waals surface area contributed by atoms with E-state index in [0.717, 1.165) is 51.4 Å². The van der Waals surface area contributed by atoms with Crippen molar-refractivity contribution in [1.29, 1.82) is 0 Å². The van der Waals surface area contributed by atoms with E-state index < -0.39 is 17.9 Å². The number of aliphatic carboxylic acids is 3. The topological polar surface area (TPSA) is 112 Å². The van der Waals surface area contributed by atoms with Crippen molar-refractivity contribution < 1.29 is 143 Å². The standard InChI is InChI=1S/C7H13O2.2C5H10O2.K.2Na.2H/c1-2-3-4-5-6-7(8)9;2*1-2-3-4-5(6)7;;;;;/h1-6H2,(H,8,9);2*2-4H2,1H3,(H,6,7);;;;;/q-1;;;3*+1;2*-1. The second-order valence-corrected chi connectivity index (χ2v) is 5.05. The maximum atomic E-state index is 9.95. The Hall–Kier alpha value is 2.05. The first-order chi connectivity index (χ1) is 10.8. The van der Waals surface area contributed by atoms with Crippen LogP contribution in [0.15, 0.2) is 0 Å². The molecule has 0 bridgehead atoms. The molecule has 0 rings (SSSR count). The van der Waals surface area contributed by atoms with Gasteiger partial charge in [0, 0.05) is 19.3 Å². The van der Waals surface area contributed by atoms with Crippen molar-refractivity contribution in [3.8, 4) is 0 Å². The van der Waals surface area contributed by atoms with Crippen molar-refractivity contribution in [3.05, 3.63) is 6.92 Å². The van der Waals surface area contributed by atoms with Gasteiger partial charge >= 0.3 is 128 Å². The maximum Gasteiger partial charge on any atom is 1.00 e. The van der Waals surface area contributed by atoms with Crippen LogP contribution in [0.2, 0.25) is 0 Å². The Bertz CT molecular complexity index is 297. The van der Waals surface area contributed by atoms with Crippen molar-refractivity contribution >= 4 is 17.9 Å². The van der Waals surface area contributed by atoms with Crippen LogP contribution in [0.4, 0.5) is 0 Å². The molecule has 0 aliphatic carbocycles. The zero-order chi connectivity index (χ0) is 18.5. The molecule has 0 amide bonds. The van der Waals surface area contributed by atoms with Crippen LogP contribution in [0.1, 0.15) is 87.3 Å². The van der Waals surface area contributed by atoms with Crippen molar-refractivity contribution in [2.75, 3.05) is 0 Å². The summed E-state index contributed by atoms with van der Waals surface area (Å²) >= 11 is 0. The fraction of sp³-hybridized carbons (Fsp3) is 0.765. The molecule has 26 heavy (non-hydrogen) atoms. The minimum Gasteiger partial charge on any atom is -1.00 e. The van der Waals surface area contributed by atoms with Gasteiger partial charge in [-0.15, -0.1) is 0 Å². The summed E-state index contributed by atoms with van der Waals surface area (Å²) in [5.41, 5.74) is 0. The molecule has 0 aromatic carbocycles. The normalized spacial score (nSPS) is 7.96. The Morgan fingerprint density at radius 1 is 0.692 bits per heavy atom. The van der Waals surface area contributed by atoms with Gasteiger partial charge in [-0.1, -0.05) is 39.5 Å². The summed E-state index contributed by atoms with van der Waals surface area (Å²) < 4.78 is 0. The third-order valence-corrected chi connectivity index (χ3v) is 2.63. The van der Waals surface area contributed by atoms with E-state index in [-0.39, 0.29) is 113 Å². The first kappa shape index (κ1) is 42.2. The van der Waals surface area contributed by atoms with Crippen LogP contribution in [0, 0.1) is 6.92 Å². The van der Waals surface area contributed by atoms with Crippen molar-refractivity contribution in [1.82, 2.24) is 0 Å². The van der Waals surface area contributed by atoms with Gasteiger partial charge in [0.05, 0.1) is 0 Å². The fourth-order valence-electron chi connectivity index (χ4n) is 1.29. The molecule has 142 valence electrons. The zero-order valence-corrected chi connectivity index (χ0v) is 24.7. The Balaban J connectivity index is -0.0000000331. The fourth-order valence-corrected chi connectivity index (χ4v) is 1.29. The first-order valence-corrected chi connectivity index (χ1v) is 8.26. The summed E-state index contributed by atoms with van der Waals surface area (Å²) in [6, 6.07) is 0. The van der Waals surface area contributed by atoms with Gasteiger partial charge in [-0.05, 0) is 19.3 Å². The van der Waals surface area contributed by atoms with E-state index in [1.165, 1.54) is 0 Å². The van der Waals surface area contributed by atoms with Crippen molar-refractivity contribution in [2.24, 2.45) is 0 Å². The van der Waals surface area contributed by atoms with Crippen LogP contribution in [-0.2, 0) is 14.4 Å². The Morgan fingerprint density at radius 2 is 1.00 bits per heavy atom. The van der Waals surface area contributed by atoms with E-state index >= 15 is 0 Å². The molecule has 0 atom stereocenters. The number of hydrogen-bond donors (Lipinski definition) is 3. The molecule has 0 saturated carbocycles. The van der Waals surface area contributed by atoms with Gasteiger partial charge in [0.2, 0.25) is 0 Å². The zero-order valence-electron chi connectivity index (χ0n) is 19.6. The summed E-state index contributed by atoms with van der Waals surface area (Å²) in [7, 11) is 0. The van der Waals surface area contributed by atoms with Crippen LogP contribution in [-0.4, -0.2) is 33.2 Å². The van der Waals surface area contributed by atoms with Gasteiger partial charge < -0.3 is 25.1 Å². The predicted octanol–water partition coefficient (Wildman–Crippen LogP) is -4.39. The second kappa shape index (κ2) is 37.8. The van der Waals surface area contributed by atoms with Gasteiger partial charge in [0.15, 0.2) is 0 Å². The predicted molar refractivity (Wildman–Crippen MR) is 92.6 cm³/mol. The minimum absolute atomic E-state index is 0. The van der Waals surface area contributed by atoms with Crippen LogP contribution in [0.3, 0.4) is 0 Å². The summed E-state index contributed by atoms with van der Waals surface area (Å²) in [4.78, 5) is 29.5. The number of hydrogen-bond acceptors (Lipinski definition) is 3. The molecule has 0 unspecified atom stereocenters. The molecule has 0 aromatic rings. The van der Waals surface area contributed by atoms with Crippen LogP contribution < -0.4 is 110 Å². The van der Waals surface area contributed by atoms with E-state index in [0.29, 0.717) is 19.3 Å². The summed E-state index contributed by atoms with van der Waals surface area (Å²) in [6.45, 7) is 7.61. The molecule has 3 N–H and O–H groups in total. The van der Waals surface area contributed by atoms with E-state index in [9.17, 15) is 14.4 Å². The molecule has 0 aliphatic rings. The van der Waals surface area contributed by atoms with Crippen molar-refractivity contribution in [2.45, 2.75) is 84.5 Å². The molecular weight excluding hydrogens is 385 g/mol. The number of carboxylic acid groups (broad SMARTS) is 3. The smallest absolute Gasteiger partial charge is 1.00 e. The quantitative estimate of drug-likeness (QED) is 0.177. The summed E-state index contributed by atoms with van der Waals surface area (Å²) in [6.07, 6.45) is 8.23. The monoisotopic (exact) mass is 420 g/mol. The summed E-state index contributed by atoms with van der Waals surface area (Å²) in [5.74, 6) is -2.08. The van der Waals surface area contributed by atoms with Gasteiger partial charge in [-0.2, -0.15) is 6.42 Å². The largest absolute Gasteiger partial charge is 1.00 e. The number of rotatable bonds is 11. The Kier molecular flexibility index (Phi) is 61.3. The molecule has 0 saturated heterocycles. The van der Waals surface area contributed by atoms with E-state index in [2.05, 4.69) is 6.92 Å². The molecule has 0 aromatic heterocycles. The molecule has 9 heteroatoms. The third kappa shape index (κ3) is 63.5. The van der Waals surface area contributed by atoms with Crippen LogP contribution >= 0.6 is 0 Å². The van der Waals surface area contributed by atoms with Crippen LogP contribution in [0.5, 0.6) is 0 Å². The average molecular weight is 421 g/mol.